The summed E-state index contributed by atoms with van der Waals surface area (Å²) in [7, 11) is 0. The van der Waals surface area contributed by atoms with E-state index in [0.717, 1.165) is 24.9 Å². The maximum atomic E-state index is 13.6. The largest absolute Gasteiger partial charge is 0.490 e. The Balaban J connectivity index is 1.76. The van der Waals surface area contributed by atoms with Crippen LogP contribution in [0.2, 0.25) is 0 Å². The third-order valence-electron chi connectivity index (χ3n) is 3.72. The standard InChI is InChI=1S/C14H17FN2O2/c15-10-4-1-3-9-11(6-8-19-13(9)10)17-14(18)12-5-2-7-16-12/h1,3-4,11-12,16H,2,5-8H2,(H,17,18)/t11-,12?/m1/s1. The molecule has 102 valence electrons. The highest BCUT2D eigenvalue weighted by Gasteiger charge is 2.28. The maximum Gasteiger partial charge on any atom is 0.237 e. The molecular weight excluding hydrogens is 247 g/mol. The van der Waals surface area contributed by atoms with E-state index in [0.29, 0.717) is 13.0 Å². The van der Waals surface area contributed by atoms with Gasteiger partial charge in [-0.05, 0) is 25.5 Å². The van der Waals surface area contributed by atoms with Gasteiger partial charge in [0.1, 0.15) is 0 Å². The minimum absolute atomic E-state index is 0.000360. The number of para-hydroxylation sites is 1. The van der Waals surface area contributed by atoms with Crippen LogP contribution in [-0.2, 0) is 4.79 Å². The van der Waals surface area contributed by atoms with Crippen molar-refractivity contribution in [2.24, 2.45) is 0 Å². The third kappa shape index (κ3) is 2.42. The van der Waals surface area contributed by atoms with Crippen molar-refractivity contribution in [2.75, 3.05) is 13.2 Å². The Morgan fingerprint density at radius 3 is 3.11 bits per heavy atom. The summed E-state index contributed by atoms with van der Waals surface area (Å²) in [5, 5.41) is 6.16. The van der Waals surface area contributed by atoms with Gasteiger partial charge in [-0.3, -0.25) is 4.79 Å². The molecule has 1 amide bonds. The van der Waals surface area contributed by atoms with Gasteiger partial charge in [0.05, 0.1) is 18.7 Å². The van der Waals surface area contributed by atoms with Crippen molar-refractivity contribution in [3.8, 4) is 5.75 Å². The molecule has 0 aromatic heterocycles. The Kier molecular flexibility index (Phi) is 3.38. The average Bonchev–Trinajstić information content (AvgIpc) is 2.94. The van der Waals surface area contributed by atoms with Gasteiger partial charge in [0, 0.05) is 12.0 Å². The van der Waals surface area contributed by atoms with E-state index in [9.17, 15) is 9.18 Å². The lowest BCUT2D eigenvalue weighted by Gasteiger charge is -2.27. The van der Waals surface area contributed by atoms with E-state index in [1.165, 1.54) is 6.07 Å². The van der Waals surface area contributed by atoms with E-state index < -0.39 is 0 Å². The molecule has 2 N–H and O–H groups in total. The first-order valence-corrected chi connectivity index (χ1v) is 6.70. The molecule has 1 saturated heterocycles. The van der Waals surface area contributed by atoms with E-state index in [1.807, 2.05) is 6.07 Å². The second kappa shape index (κ2) is 5.17. The van der Waals surface area contributed by atoms with Crippen LogP contribution in [0.3, 0.4) is 0 Å². The summed E-state index contributed by atoms with van der Waals surface area (Å²) in [4.78, 5) is 12.1. The molecule has 0 radical (unpaired) electrons. The van der Waals surface area contributed by atoms with Gasteiger partial charge >= 0.3 is 0 Å². The maximum absolute atomic E-state index is 13.6. The summed E-state index contributed by atoms with van der Waals surface area (Å²) in [5.41, 5.74) is 0.734. The number of amides is 1. The molecule has 1 aromatic rings. The number of ether oxygens (including phenoxy) is 1. The summed E-state index contributed by atoms with van der Waals surface area (Å²) in [6.45, 7) is 1.31. The Labute approximate surface area is 111 Å². The van der Waals surface area contributed by atoms with Crippen LogP contribution in [-0.4, -0.2) is 25.1 Å². The van der Waals surface area contributed by atoms with Crippen molar-refractivity contribution in [3.63, 3.8) is 0 Å². The quantitative estimate of drug-likeness (QED) is 0.851. The predicted molar refractivity (Wildman–Crippen MR) is 68.4 cm³/mol. The highest BCUT2D eigenvalue weighted by molar-refractivity contribution is 5.82. The molecule has 4 nitrogen and oxygen atoms in total. The lowest BCUT2D eigenvalue weighted by Crippen LogP contribution is -2.43. The highest BCUT2D eigenvalue weighted by Crippen LogP contribution is 2.34. The molecule has 2 heterocycles. The van der Waals surface area contributed by atoms with Gasteiger partial charge in [-0.2, -0.15) is 0 Å². The molecule has 2 aliphatic rings. The molecular formula is C14H17FN2O2. The van der Waals surface area contributed by atoms with Gasteiger partial charge in [-0.15, -0.1) is 0 Å². The van der Waals surface area contributed by atoms with Gasteiger partial charge in [0.2, 0.25) is 5.91 Å². The average molecular weight is 264 g/mol. The summed E-state index contributed by atoms with van der Waals surface area (Å²) in [6.07, 6.45) is 2.57. The number of nitrogens with one attached hydrogen (secondary N) is 2. The number of fused-ring (bicyclic) bond motifs is 1. The van der Waals surface area contributed by atoms with E-state index >= 15 is 0 Å². The van der Waals surface area contributed by atoms with Crippen molar-refractivity contribution in [2.45, 2.75) is 31.3 Å². The zero-order chi connectivity index (χ0) is 13.2. The molecule has 3 rings (SSSR count). The normalized spacial score (nSPS) is 25.5. The number of rotatable bonds is 2. The Morgan fingerprint density at radius 1 is 1.42 bits per heavy atom. The summed E-state index contributed by atoms with van der Waals surface area (Å²) in [5.74, 6) is -0.0894. The number of carbonyl (C=O) groups excluding carboxylic acids is 1. The van der Waals surface area contributed by atoms with Crippen molar-refractivity contribution in [1.29, 1.82) is 0 Å². The van der Waals surface area contributed by atoms with Gasteiger partial charge in [0.25, 0.3) is 0 Å². The number of hydrogen-bond acceptors (Lipinski definition) is 3. The molecule has 1 aromatic carbocycles. The summed E-state index contributed by atoms with van der Waals surface area (Å²) in [6, 6.07) is 4.57. The Bertz CT molecular complexity index is 486. The first-order chi connectivity index (χ1) is 9.25. The molecule has 0 spiro atoms. The van der Waals surface area contributed by atoms with E-state index in [2.05, 4.69) is 10.6 Å². The molecule has 1 unspecified atom stereocenters. The lowest BCUT2D eigenvalue weighted by molar-refractivity contribution is -0.123. The highest BCUT2D eigenvalue weighted by atomic mass is 19.1. The zero-order valence-corrected chi connectivity index (χ0v) is 10.6. The first kappa shape index (κ1) is 12.4. The Morgan fingerprint density at radius 2 is 2.32 bits per heavy atom. The fourth-order valence-electron chi connectivity index (χ4n) is 2.72. The smallest absolute Gasteiger partial charge is 0.237 e. The summed E-state index contributed by atoms with van der Waals surface area (Å²) >= 11 is 0. The molecule has 0 bridgehead atoms. The van der Waals surface area contributed by atoms with Crippen LogP contribution in [0.15, 0.2) is 18.2 Å². The van der Waals surface area contributed by atoms with Crippen molar-refractivity contribution >= 4 is 5.91 Å². The second-order valence-electron chi connectivity index (χ2n) is 5.01. The number of halogens is 1. The topological polar surface area (TPSA) is 50.4 Å². The monoisotopic (exact) mass is 264 g/mol. The van der Waals surface area contributed by atoms with Crippen molar-refractivity contribution in [3.05, 3.63) is 29.6 Å². The SMILES string of the molecule is O=C(N[C@@H]1CCOc2c(F)cccc21)C1CCCN1. The van der Waals surface area contributed by atoms with Crippen molar-refractivity contribution in [1.82, 2.24) is 10.6 Å². The van der Waals surface area contributed by atoms with Crippen LogP contribution in [0.4, 0.5) is 4.39 Å². The molecule has 2 atom stereocenters. The van der Waals surface area contributed by atoms with Crippen LogP contribution in [0.25, 0.3) is 0 Å². The van der Waals surface area contributed by atoms with E-state index in [-0.39, 0.29) is 29.6 Å². The van der Waals surface area contributed by atoms with E-state index in [4.69, 9.17) is 4.74 Å². The van der Waals surface area contributed by atoms with Gasteiger partial charge in [-0.25, -0.2) is 4.39 Å². The molecule has 0 aliphatic carbocycles. The van der Waals surface area contributed by atoms with Gasteiger partial charge in [0.15, 0.2) is 11.6 Å². The fourth-order valence-corrected chi connectivity index (χ4v) is 2.72. The van der Waals surface area contributed by atoms with Gasteiger partial charge in [-0.1, -0.05) is 12.1 Å². The van der Waals surface area contributed by atoms with Crippen LogP contribution in [0.5, 0.6) is 5.75 Å². The third-order valence-corrected chi connectivity index (χ3v) is 3.72. The molecule has 0 saturated carbocycles. The van der Waals surface area contributed by atoms with Crippen LogP contribution in [0, 0.1) is 5.82 Å². The van der Waals surface area contributed by atoms with Crippen LogP contribution in [0.1, 0.15) is 30.9 Å². The van der Waals surface area contributed by atoms with Gasteiger partial charge < -0.3 is 15.4 Å². The number of carbonyl (C=O) groups is 1. The second-order valence-corrected chi connectivity index (χ2v) is 5.01. The molecule has 5 heteroatoms. The minimum atomic E-state index is -0.365. The lowest BCUT2D eigenvalue weighted by atomic mass is 9.99. The van der Waals surface area contributed by atoms with Crippen LogP contribution < -0.4 is 15.4 Å². The molecule has 2 aliphatic heterocycles. The van der Waals surface area contributed by atoms with Crippen molar-refractivity contribution < 1.29 is 13.9 Å². The number of benzene rings is 1. The molecule has 19 heavy (non-hydrogen) atoms. The van der Waals surface area contributed by atoms with Crippen LogP contribution >= 0.6 is 0 Å². The van der Waals surface area contributed by atoms with E-state index in [1.54, 1.807) is 6.07 Å². The predicted octanol–water partition coefficient (Wildman–Crippen LogP) is 1.52. The minimum Gasteiger partial charge on any atom is -0.490 e. The number of hydrogen-bond donors (Lipinski definition) is 2. The molecule has 1 fully saturated rings. The summed E-state index contributed by atoms with van der Waals surface area (Å²) < 4.78 is 19.0. The zero-order valence-electron chi connectivity index (χ0n) is 10.6. The Hall–Kier alpha value is -1.62. The fraction of sp³-hybridized carbons (Fsp3) is 0.500. The first-order valence-electron chi connectivity index (χ1n) is 6.70.